The Balaban J connectivity index is 2.52. The molecule has 2 aromatic carbocycles. The summed E-state index contributed by atoms with van der Waals surface area (Å²) in [6, 6.07) is 5.75. The summed E-state index contributed by atoms with van der Waals surface area (Å²) in [7, 11) is 0. The number of aliphatic hydroxyl groups is 1. The Hall–Kier alpha value is -1.52. The number of aryl methyl sites for hydroxylation is 1. The van der Waals surface area contributed by atoms with Crippen LogP contribution in [0, 0.1) is 24.4 Å². The third-order valence-corrected chi connectivity index (χ3v) is 3.14. The normalized spacial score (nSPS) is 12.5. The summed E-state index contributed by atoms with van der Waals surface area (Å²) in [6.07, 6.45) is -1.54. The van der Waals surface area contributed by atoms with Gasteiger partial charge in [-0.15, -0.1) is 0 Å². The largest absolute Gasteiger partial charge is 0.383 e. The van der Waals surface area contributed by atoms with Crippen LogP contribution in [0.4, 0.5) is 13.2 Å². The van der Waals surface area contributed by atoms with Gasteiger partial charge in [-0.1, -0.05) is 23.7 Å². The maximum atomic E-state index is 13.9. The van der Waals surface area contributed by atoms with E-state index < -0.39 is 29.1 Å². The van der Waals surface area contributed by atoms with Crippen LogP contribution in [0.1, 0.15) is 22.8 Å². The molecule has 0 aromatic heterocycles. The summed E-state index contributed by atoms with van der Waals surface area (Å²) in [4.78, 5) is 0. The van der Waals surface area contributed by atoms with Crippen molar-refractivity contribution in [3.8, 4) is 0 Å². The highest BCUT2D eigenvalue weighted by Crippen LogP contribution is 2.30. The molecule has 2 rings (SSSR count). The predicted molar refractivity (Wildman–Crippen MR) is 66.6 cm³/mol. The topological polar surface area (TPSA) is 20.2 Å². The van der Waals surface area contributed by atoms with E-state index in [1.807, 2.05) is 0 Å². The minimum absolute atomic E-state index is 0.120. The van der Waals surface area contributed by atoms with Gasteiger partial charge in [0.05, 0.1) is 10.6 Å². The van der Waals surface area contributed by atoms with Crippen molar-refractivity contribution >= 4 is 11.6 Å². The molecule has 1 nitrogen and oxygen atoms in total. The van der Waals surface area contributed by atoms with Crippen molar-refractivity contribution in [2.45, 2.75) is 13.0 Å². The Morgan fingerprint density at radius 3 is 2.32 bits per heavy atom. The fraction of sp³-hybridized carbons (Fsp3) is 0.143. The summed E-state index contributed by atoms with van der Waals surface area (Å²) in [5, 5.41) is 9.81. The highest BCUT2D eigenvalue weighted by molar-refractivity contribution is 6.30. The lowest BCUT2D eigenvalue weighted by atomic mass is 9.98. The van der Waals surface area contributed by atoms with Crippen molar-refractivity contribution in [2.75, 3.05) is 0 Å². The van der Waals surface area contributed by atoms with Gasteiger partial charge in [0.2, 0.25) is 0 Å². The van der Waals surface area contributed by atoms with Crippen LogP contribution in [0.15, 0.2) is 30.3 Å². The van der Waals surface area contributed by atoms with Gasteiger partial charge in [0.25, 0.3) is 0 Å². The zero-order chi connectivity index (χ0) is 14.2. The maximum Gasteiger partial charge on any atom is 0.141 e. The van der Waals surface area contributed by atoms with Crippen molar-refractivity contribution in [2.24, 2.45) is 0 Å². The minimum Gasteiger partial charge on any atom is -0.383 e. The average molecular weight is 287 g/mol. The van der Waals surface area contributed by atoms with Crippen molar-refractivity contribution < 1.29 is 18.3 Å². The summed E-state index contributed by atoms with van der Waals surface area (Å²) in [5.41, 5.74) is -0.138. The smallest absolute Gasteiger partial charge is 0.141 e. The molecule has 0 saturated carbocycles. The molecule has 0 heterocycles. The Morgan fingerprint density at radius 1 is 1.05 bits per heavy atom. The Labute approximate surface area is 113 Å². The Kier molecular flexibility index (Phi) is 3.83. The van der Waals surface area contributed by atoms with E-state index in [2.05, 4.69) is 0 Å². The molecule has 0 radical (unpaired) electrons. The standard InChI is InChI=1S/C14H10ClF3O/c1-7-2-4-11(17)12(13(7)18)14(19)8-3-5-10(16)9(15)6-8/h2-6,14,19H,1H3. The summed E-state index contributed by atoms with van der Waals surface area (Å²) in [6.45, 7) is 1.46. The molecule has 2 aromatic rings. The number of hydrogen-bond donors (Lipinski definition) is 1. The van der Waals surface area contributed by atoms with Crippen molar-refractivity contribution in [3.63, 3.8) is 0 Å². The number of benzene rings is 2. The second-order valence-corrected chi connectivity index (χ2v) is 4.58. The van der Waals surface area contributed by atoms with Gasteiger partial charge in [0.1, 0.15) is 23.6 Å². The first-order chi connectivity index (χ1) is 8.91. The summed E-state index contributed by atoms with van der Waals surface area (Å²) < 4.78 is 40.5. The molecule has 1 N–H and O–H groups in total. The third-order valence-electron chi connectivity index (χ3n) is 2.85. The Bertz CT molecular complexity index is 628. The quantitative estimate of drug-likeness (QED) is 0.879. The van der Waals surface area contributed by atoms with Crippen LogP contribution in [-0.4, -0.2) is 5.11 Å². The number of rotatable bonds is 2. The molecule has 0 aliphatic carbocycles. The van der Waals surface area contributed by atoms with Gasteiger partial charge in [-0.05, 0) is 36.2 Å². The summed E-state index contributed by atoms with van der Waals surface area (Å²) in [5.74, 6) is -2.35. The van der Waals surface area contributed by atoms with Gasteiger partial charge in [-0.3, -0.25) is 0 Å². The second kappa shape index (κ2) is 5.23. The van der Waals surface area contributed by atoms with Crippen LogP contribution in [0.5, 0.6) is 0 Å². The fourth-order valence-corrected chi connectivity index (χ4v) is 1.97. The van der Waals surface area contributed by atoms with Crippen molar-refractivity contribution in [3.05, 3.63) is 69.5 Å². The molecule has 0 aliphatic heterocycles. The van der Waals surface area contributed by atoms with Crippen LogP contribution in [-0.2, 0) is 0 Å². The fourth-order valence-electron chi connectivity index (χ4n) is 1.78. The van der Waals surface area contributed by atoms with Gasteiger partial charge in [-0.25, -0.2) is 13.2 Å². The second-order valence-electron chi connectivity index (χ2n) is 4.17. The van der Waals surface area contributed by atoms with E-state index in [-0.39, 0.29) is 16.1 Å². The van der Waals surface area contributed by atoms with Crippen LogP contribution >= 0.6 is 11.6 Å². The molecule has 5 heteroatoms. The molecule has 0 bridgehead atoms. The molecule has 0 amide bonds. The van der Waals surface area contributed by atoms with Gasteiger partial charge < -0.3 is 5.11 Å². The van der Waals surface area contributed by atoms with Crippen LogP contribution in [0.25, 0.3) is 0 Å². The van der Waals surface area contributed by atoms with E-state index in [1.54, 1.807) is 0 Å². The molecule has 1 unspecified atom stereocenters. The zero-order valence-electron chi connectivity index (χ0n) is 9.92. The lowest BCUT2D eigenvalue weighted by molar-refractivity contribution is 0.208. The molecule has 0 aliphatic rings. The van der Waals surface area contributed by atoms with E-state index in [0.29, 0.717) is 0 Å². The van der Waals surface area contributed by atoms with E-state index in [4.69, 9.17) is 11.6 Å². The summed E-state index contributed by atoms with van der Waals surface area (Å²) >= 11 is 5.58. The van der Waals surface area contributed by atoms with Crippen LogP contribution < -0.4 is 0 Å². The molecule has 0 spiro atoms. The molecular weight excluding hydrogens is 277 g/mol. The van der Waals surface area contributed by atoms with E-state index in [1.165, 1.54) is 19.1 Å². The lowest BCUT2D eigenvalue weighted by Gasteiger charge is -2.15. The number of aliphatic hydroxyl groups excluding tert-OH is 1. The SMILES string of the molecule is Cc1ccc(F)c(C(O)c2ccc(F)c(Cl)c2)c1F. The molecule has 0 fully saturated rings. The first kappa shape index (κ1) is 13.9. The monoisotopic (exact) mass is 286 g/mol. The van der Waals surface area contributed by atoms with Crippen molar-refractivity contribution in [1.29, 1.82) is 0 Å². The highest BCUT2D eigenvalue weighted by atomic mass is 35.5. The number of hydrogen-bond acceptors (Lipinski definition) is 1. The predicted octanol–water partition coefficient (Wildman–Crippen LogP) is 4.15. The number of halogens is 4. The van der Waals surface area contributed by atoms with Gasteiger partial charge in [0.15, 0.2) is 0 Å². The van der Waals surface area contributed by atoms with E-state index >= 15 is 0 Å². The Morgan fingerprint density at radius 2 is 1.68 bits per heavy atom. The first-order valence-electron chi connectivity index (χ1n) is 5.49. The first-order valence-corrected chi connectivity index (χ1v) is 5.87. The van der Waals surface area contributed by atoms with Crippen molar-refractivity contribution in [1.82, 2.24) is 0 Å². The van der Waals surface area contributed by atoms with Gasteiger partial charge >= 0.3 is 0 Å². The highest BCUT2D eigenvalue weighted by Gasteiger charge is 2.21. The maximum absolute atomic E-state index is 13.9. The molecule has 1 atom stereocenters. The molecule has 19 heavy (non-hydrogen) atoms. The zero-order valence-corrected chi connectivity index (χ0v) is 10.7. The van der Waals surface area contributed by atoms with Gasteiger partial charge in [0, 0.05) is 0 Å². The van der Waals surface area contributed by atoms with Crippen LogP contribution in [0.2, 0.25) is 5.02 Å². The van der Waals surface area contributed by atoms with E-state index in [9.17, 15) is 18.3 Å². The minimum atomic E-state index is -1.54. The third kappa shape index (κ3) is 2.60. The molecule has 100 valence electrons. The average Bonchev–Trinajstić information content (AvgIpc) is 2.37. The lowest BCUT2D eigenvalue weighted by Crippen LogP contribution is -2.07. The van der Waals surface area contributed by atoms with E-state index in [0.717, 1.165) is 18.2 Å². The van der Waals surface area contributed by atoms with Crippen LogP contribution in [0.3, 0.4) is 0 Å². The molecule has 0 saturated heterocycles. The molecular formula is C14H10ClF3O. The van der Waals surface area contributed by atoms with Gasteiger partial charge in [-0.2, -0.15) is 0 Å².